The molecule has 148 valence electrons. The van der Waals surface area contributed by atoms with Gasteiger partial charge in [0.05, 0.1) is 18.2 Å². The predicted molar refractivity (Wildman–Crippen MR) is 102 cm³/mol. The molecule has 8 heteroatoms. The molecule has 1 saturated heterocycles. The molecule has 0 radical (unpaired) electrons. The fourth-order valence-corrected chi connectivity index (χ4v) is 3.66. The van der Waals surface area contributed by atoms with E-state index < -0.39 is 30.3 Å². The second kappa shape index (κ2) is 7.38. The van der Waals surface area contributed by atoms with Crippen molar-refractivity contribution in [2.45, 2.75) is 6.04 Å². The smallest absolute Gasteiger partial charge is 0.262 e. The summed E-state index contributed by atoms with van der Waals surface area (Å²) in [5.41, 5.74) is 1.19. The van der Waals surface area contributed by atoms with E-state index in [0.29, 0.717) is 17.9 Å². The number of amides is 4. The van der Waals surface area contributed by atoms with Gasteiger partial charge in [-0.1, -0.05) is 24.3 Å². The van der Waals surface area contributed by atoms with E-state index in [2.05, 4.69) is 5.32 Å². The molecule has 2 aliphatic heterocycles. The van der Waals surface area contributed by atoms with Gasteiger partial charge in [-0.05, 0) is 29.8 Å². The van der Waals surface area contributed by atoms with E-state index in [9.17, 15) is 19.2 Å². The lowest BCUT2D eigenvalue weighted by Crippen LogP contribution is -2.54. The van der Waals surface area contributed by atoms with E-state index in [0.717, 1.165) is 4.90 Å². The number of nitrogens with one attached hydrogen (secondary N) is 1. The number of imide groups is 1. The van der Waals surface area contributed by atoms with Gasteiger partial charge in [0, 0.05) is 13.1 Å². The Hall–Kier alpha value is -3.68. The molecule has 1 fully saturated rings. The Morgan fingerprint density at radius 1 is 1.03 bits per heavy atom. The molecule has 2 aromatic carbocycles. The number of carbonyl (C=O) groups is 4. The van der Waals surface area contributed by atoms with Crippen LogP contribution >= 0.6 is 0 Å². The molecule has 29 heavy (non-hydrogen) atoms. The molecule has 4 amide bonds. The zero-order valence-corrected chi connectivity index (χ0v) is 15.8. The first-order valence-corrected chi connectivity index (χ1v) is 9.17. The molecule has 0 bridgehead atoms. The first kappa shape index (κ1) is 18.7. The lowest BCUT2D eigenvalue weighted by Gasteiger charge is -2.36. The van der Waals surface area contributed by atoms with Crippen LogP contribution in [0.4, 0.5) is 0 Å². The Balaban J connectivity index is 1.57. The molecule has 2 aliphatic rings. The molecule has 2 aromatic rings. The minimum Gasteiger partial charge on any atom is -0.497 e. The van der Waals surface area contributed by atoms with Gasteiger partial charge in [0.25, 0.3) is 11.8 Å². The summed E-state index contributed by atoms with van der Waals surface area (Å²) in [6.07, 6.45) is 0. The number of hydrogen-bond acceptors (Lipinski definition) is 5. The number of fused-ring (bicyclic) bond motifs is 1. The third-order valence-electron chi connectivity index (χ3n) is 5.14. The van der Waals surface area contributed by atoms with Gasteiger partial charge < -0.3 is 15.0 Å². The normalized spacial score (nSPS) is 18.5. The number of hydrogen-bond donors (Lipinski definition) is 1. The van der Waals surface area contributed by atoms with Crippen LogP contribution in [-0.4, -0.2) is 60.2 Å². The molecule has 1 atom stereocenters. The van der Waals surface area contributed by atoms with Crippen LogP contribution in [0.5, 0.6) is 5.75 Å². The van der Waals surface area contributed by atoms with Crippen molar-refractivity contribution in [1.29, 1.82) is 0 Å². The summed E-state index contributed by atoms with van der Waals surface area (Å²) < 4.78 is 5.14. The molecule has 0 aromatic heterocycles. The highest BCUT2D eigenvalue weighted by atomic mass is 16.5. The summed E-state index contributed by atoms with van der Waals surface area (Å²) in [7, 11) is 1.54. The van der Waals surface area contributed by atoms with E-state index in [1.54, 1.807) is 55.6 Å². The van der Waals surface area contributed by atoms with Crippen LogP contribution in [0.3, 0.4) is 0 Å². The number of benzene rings is 2. The number of piperazine rings is 1. The van der Waals surface area contributed by atoms with Crippen LogP contribution in [0.15, 0.2) is 48.5 Å². The summed E-state index contributed by atoms with van der Waals surface area (Å²) in [4.78, 5) is 53.0. The Labute approximate surface area is 167 Å². The fraction of sp³-hybridized carbons (Fsp3) is 0.238. The van der Waals surface area contributed by atoms with Crippen LogP contribution in [0.2, 0.25) is 0 Å². The van der Waals surface area contributed by atoms with Crippen LogP contribution in [-0.2, 0) is 9.59 Å². The lowest BCUT2D eigenvalue weighted by atomic mass is 10.0. The van der Waals surface area contributed by atoms with Crippen molar-refractivity contribution in [3.8, 4) is 5.75 Å². The van der Waals surface area contributed by atoms with E-state index in [1.807, 2.05) is 0 Å². The van der Waals surface area contributed by atoms with Crippen molar-refractivity contribution in [3.05, 3.63) is 65.2 Å². The summed E-state index contributed by atoms with van der Waals surface area (Å²) in [6.45, 7) is 0.177. The maximum atomic E-state index is 13.0. The van der Waals surface area contributed by atoms with Crippen LogP contribution in [0.1, 0.15) is 32.3 Å². The molecule has 8 nitrogen and oxygen atoms in total. The van der Waals surface area contributed by atoms with Gasteiger partial charge in [0.2, 0.25) is 11.8 Å². The van der Waals surface area contributed by atoms with Crippen molar-refractivity contribution >= 4 is 23.6 Å². The SMILES string of the molecule is COc1ccc(C2C(=O)NCCN2C(=O)CN2C(=O)c3ccccc3C2=O)cc1. The van der Waals surface area contributed by atoms with Gasteiger partial charge in [-0.15, -0.1) is 0 Å². The maximum Gasteiger partial charge on any atom is 0.262 e. The van der Waals surface area contributed by atoms with Crippen molar-refractivity contribution in [2.24, 2.45) is 0 Å². The van der Waals surface area contributed by atoms with Gasteiger partial charge in [0.1, 0.15) is 18.3 Å². The number of nitrogens with zero attached hydrogens (tertiary/aromatic N) is 2. The van der Waals surface area contributed by atoms with Crippen molar-refractivity contribution < 1.29 is 23.9 Å². The summed E-state index contributed by atoms with van der Waals surface area (Å²) in [5, 5.41) is 2.76. The standard InChI is InChI=1S/C21H19N3O5/c1-29-14-8-6-13(7-9-14)18-19(26)22-10-11-23(18)17(25)12-24-20(27)15-4-2-3-5-16(15)21(24)28/h2-9,18H,10-12H2,1H3,(H,22,26). The summed E-state index contributed by atoms with van der Waals surface area (Å²) in [6, 6.07) is 12.5. The Morgan fingerprint density at radius 3 is 2.24 bits per heavy atom. The molecule has 2 heterocycles. The molecular weight excluding hydrogens is 374 g/mol. The third-order valence-corrected chi connectivity index (χ3v) is 5.14. The molecule has 1 N–H and O–H groups in total. The van der Waals surface area contributed by atoms with Crippen molar-refractivity contribution in [1.82, 2.24) is 15.1 Å². The number of rotatable bonds is 4. The molecule has 0 aliphatic carbocycles. The van der Waals surface area contributed by atoms with Gasteiger partial charge in [-0.25, -0.2) is 0 Å². The van der Waals surface area contributed by atoms with E-state index >= 15 is 0 Å². The van der Waals surface area contributed by atoms with Gasteiger partial charge >= 0.3 is 0 Å². The van der Waals surface area contributed by atoms with E-state index in [4.69, 9.17) is 4.74 Å². The Kier molecular flexibility index (Phi) is 4.75. The zero-order chi connectivity index (χ0) is 20.5. The molecule has 4 rings (SSSR count). The molecular formula is C21H19N3O5. The summed E-state index contributed by atoms with van der Waals surface area (Å²) in [5.74, 6) is -1.14. The number of methoxy groups -OCH3 is 1. The summed E-state index contributed by atoms with van der Waals surface area (Å²) >= 11 is 0. The largest absolute Gasteiger partial charge is 0.497 e. The van der Waals surface area contributed by atoms with Gasteiger partial charge in [-0.2, -0.15) is 0 Å². The first-order chi connectivity index (χ1) is 14.0. The minimum atomic E-state index is -0.836. The monoisotopic (exact) mass is 393 g/mol. The topological polar surface area (TPSA) is 96.0 Å². The molecule has 0 spiro atoms. The van der Waals surface area contributed by atoms with Crippen molar-refractivity contribution in [2.75, 3.05) is 26.7 Å². The van der Waals surface area contributed by atoms with Crippen molar-refractivity contribution in [3.63, 3.8) is 0 Å². The van der Waals surface area contributed by atoms with Crippen LogP contribution < -0.4 is 10.1 Å². The second-order valence-electron chi connectivity index (χ2n) is 6.80. The average Bonchev–Trinajstić information content (AvgIpc) is 2.99. The predicted octanol–water partition coefficient (Wildman–Crippen LogP) is 0.991. The first-order valence-electron chi connectivity index (χ1n) is 9.17. The van der Waals surface area contributed by atoms with E-state index in [-0.39, 0.29) is 23.6 Å². The molecule has 1 unspecified atom stereocenters. The highest BCUT2D eigenvalue weighted by Crippen LogP contribution is 2.27. The fourth-order valence-electron chi connectivity index (χ4n) is 3.66. The molecule has 0 saturated carbocycles. The Bertz CT molecular complexity index is 967. The quantitative estimate of drug-likeness (QED) is 0.782. The minimum absolute atomic E-state index is 0.282. The van der Waals surface area contributed by atoms with E-state index in [1.165, 1.54) is 4.90 Å². The number of ether oxygens (including phenoxy) is 1. The van der Waals surface area contributed by atoms with Gasteiger partial charge in [0.15, 0.2) is 0 Å². The third kappa shape index (κ3) is 3.22. The average molecular weight is 393 g/mol. The zero-order valence-electron chi connectivity index (χ0n) is 15.8. The van der Waals surface area contributed by atoms with Crippen LogP contribution in [0.25, 0.3) is 0 Å². The lowest BCUT2D eigenvalue weighted by molar-refractivity contribution is -0.143. The highest BCUT2D eigenvalue weighted by molar-refractivity contribution is 6.22. The Morgan fingerprint density at radius 2 is 1.66 bits per heavy atom. The second-order valence-corrected chi connectivity index (χ2v) is 6.80. The highest BCUT2D eigenvalue weighted by Gasteiger charge is 2.40. The van der Waals surface area contributed by atoms with Gasteiger partial charge in [-0.3, -0.25) is 24.1 Å². The van der Waals surface area contributed by atoms with Crippen LogP contribution in [0, 0.1) is 0 Å². The number of carbonyl (C=O) groups excluding carboxylic acids is 4. The maximum absolute atomic E-state index is 13.0.